The number of aromatic nitrogens is 1. The quantitative estimate of drug-likeness (QED) is 0.476. The standard InChI is InChI=1S/C26H28N2O6S/c1-17-10-11-24(34-17)23-14-21(20-8-4-5-9-22(20)27-23)26(30)33-15-25(29)28(18-6-2-3-7-18)19-12-13-35(31,32)16-19/h4-5,8-11,14,18-19H,2-3,6-7,12-13,15-16H2,1H3. The van der Waals surface area contributed by atoms with Gasteiger partial charge in [0.15, 0.2) is 22.2 Å². The van der Waals surface area contributed by atoms with Crippen molar-refractivity contribution in [1.29, 1.82) is 0 Å². The van der Waals surface area contributed by atoms with Crippen molar-refractivity contribution in [3.63, 3.8) is 0 Å². The molecule has 1 saturated carbocycles. The Balaban J connectivity index is 1.38. The number of pyridine rings is 1. The van der Waals surface area contributed by atoms with Crippen LogP contribution in [-0.2, 0) is 19.4 Å². The largest absolute Gasteiger partial charge is 0.460 e. The minimum atomic E-state index is -3.15. The minimum Gasteiger partial charge on any atom is -0.460 e. The van der Waals surface area contributed by atoms with Gasteiger partial charge in [-0.3, -0.25) is 4.79 Å². The number of esters is 1. The van der Waals surface area contributed by atoms with Crippen LogP contribution in [0.4, 0.5) is 0 Å². The molecule has 1 aliphatic carbocycles. The van der Waals surface area contributed by atoms with E-state index in [4.69, 9.17) is 9.15 Å². The van der Waals surface area contributed by atoms with E-state index in [9.17, 15) is 18.0 Å². The number of carbonyl (C=O) groups excluding carboxylic acids is 2. The first-order chi connectivity index (χ1) is 16.8. The van der Waals surface area contributed by atoms with Crippen LogP contribution in [0.5, 0.6) is 0 Å². The number of sulfone groups is 1. The number of furan rings is 1. The highest BCUT2D eigenvalue weighted by atomic mass is 32.2. The van der Waals surface area contributed by atoms with Gasteiger partial charge in [0.25, 0.3) is 5.91 Å². The third-order valence-electron chi connectivity index (χ3n) is 6.86. The van der Waals surface area contributed by atoms with Crippen LogP contribution < -0.4 is 0 Å². The summed E-state index contributed by atoms with van der Waals surface area (Å²) in [7, 11) is -3.15. The maximum Gasteiger partial charge on any atom is 0.339 e. The number of ether oxygens (including phenoxy) is 1. The third kappa shape index (κ3) is 4.96. The third-order valence-corrected chi connectivity index (χ3v) is 8.61. The van der Waals surface area contributed by atoms with Gasteiger partial charge in [0.2, 0.25) is 0 Å². The number of rotatable bonds is 6. The molecule has 1 atom stereocenters. The molecule has 2 fully saturated rings. The van der Waals surface area contributed by atoms with Crippen molar-refractivity contribution in [2.75, 3.05) is 18.1 Å². The zero-order valence-electron chi connectivity index (χ0n) is 19.6. The molecule has 1 aromatic carbocycles. The normalized spacial score (nSPS) is 19.7. The van der Waals surface area contributed by atoms with E-state index in [1.54, 1.807) is 29.2 Å². The van der Waals surface area contributed by atoms with Crippen LogP contribution >= 0.6 is 0 Å². The average molecular weight is 497 g/mol. The predicted octanol–water partition coefficient (Wildman–Crippen LogP) is 3.92. The average Bonchev–Trinajstić information content (AvgIpc) is 3.59. The van der Waals surface area contributed by atoms with Gasteiger partial charge in [-0.2, -0.15) is 0 Å². The number of hydrogen-bond donors (Lipinski definition) is 0. The molecule has 1 unspecified atom stereocenters. The van der Waals surface area contributed by atoms with Crippen LogP contribution in [0, 0.1) is 6.92 Å². The maximum absolute atomic E-state index is 13.2. The fourth-order valence-corrected chi connectivity index (χ4v) is 6.92. The van der Waals surface area contributed by atoms with E-state index in [0.29, 0.717) is 34.3 Å². The smallest absolute Gasteiger partial charge is 0.339 e. The summed E-state index contributed by atoms with van der Waals surface area (Å²) >= 11 is 0. The van der Waals surface area contributed by atoms with Gasteiger partial charge < -0.3 is 14.1 Å². The first-order valence-electron chi connectivity index (χ1n) is 12.0. The van der Waals surface area contributed by atoms with Crippen molar-refractivity contribution >= 4 is 32.6 Å². The summed E-state index contributed by atoms with van der Waals surface area (Å²) in [5.74, 6) is 0.356. The molecule has 2 aliphatic rings. The van der Waals surface area contributed by atoms with Gasteiger partial charge in [-0.05, 0) is 50.5 Å². The van der Waals surface area contributed by atoms with E-state index < -0.39 is 22.4 Å². The lowest BCUT2D eigenvalue weighted by Gasteiger charge is -2.33. The molecule has 9 heteroatoms. The van der Waals surface area contributed by atoms with Gasteiger partial charge in [-0.1, -0.05) is 31.0 Å². The molecule has 3 aromatic rings. The van der Waals surface area contributed by atoms with Crippen molar-refractivity contribution in [3.8, 4) is 11.5 Å². The van der Waals surface area contributed by atoms with Crippen LogP contribution in [0.25, 0.3) is 22.4 Å². The molecular weight excluding hydrogens is 468 g/mol. The number of nitrogens with zero attached hydrogens (tertiary/aromatic N) is 2. The Morgan fingerprint density at radius 3 is 2.54 bits per heavy atom. The first-order valence-corrected chi connectivity index (χ1v) is 13.8. The molecule has 3 heterocycles. The molecule has 0 N–H and O–H groups in total. The van der Waals surface area contributed by atoms with E-state index in [2.05, 4.69) is 4.98 Å². The lowest BCUT2D eigenvalue weighted by atomic mass is 10.1. The second kappa shape index (κ2) is 9.45. The topological polar surface area (TPSA) is 107 Å². The SMILES string of the molecule is Cc1ccc(-c2cc(C(=O)OCC(=O)N(C3CCCC3)C3CCS(=O)(=O)C3)c3ccccc3n2)o1. The summed E-state index contributed by atoms with van der Waals surface area (Å²) in [6, 6.07) is 12.1. The van der Waals surface area contributed by atoms with Crippen molar-refractivity contribution in [2.24, 2.45) is 0 Å². The van der Waals surface area contributed by atoms with Crippen LogP contribution in [0.15, 0.2) is 46.9 Å². The van der Waals surface area contributed by atoms with Gasteiger partial charge in [-0.15, -0.1) is 0 Å². The molecule has 35 heavy (non-hydrogen) atoms. The molecule has 184 valence electrons. The molecule has 1 saturated heterocycles. The van der Waals surface area contributed by atoms with Crippen LogP contribution in [0.3, 0.4) is 0 Å². The van der Waals surface area contributed by atoms with Crippen LogP contribution in [-0.4, -0.2) is 60.4 Å². The second-order valence-corrected chi connectivity index (χ2v) is 11.6. The van der Waals surface area contributed by atoms with Gasteiger partial charge in [0.1, 0.15) is 11.5 Å². The highest BCUT2D eigenvalue weighted by molar-refractivity contribution is 7.91. The number of aryl methyl sites for hydroxylation is 1. The first kappa shape index (κ1) is 23.5. The number of carbonyl (C=O) groups is 2. The molecule has 8 nitrogen and oxygen atoms in total. The fraction of sp³-hybridized carbons (Fsp3) is 0.423. The Hall–Kier alpha value is -3.20. The zero-order chi connectivity index (χ0) is 24.6. The summed E-state index contributed by atoms with van der Waals surface area (Å²) in [6.07, 6.45) is 4.13. The Labute approximate surface area is 204 Å². The Kier molecular flexibility index (Phi) is 6.35. The number of para-hydroxylation sites is 1. The molecule has 2 aromatic heterocycles. The van der Waals surface area contributed by atoms with Crippen molar-refractivity contribution in [1.82, 2.24) is 9.88 Å². The van der Waals surface area contributed by atoms with Crippen molar-refractivity contribution in [2.45, 2.75) is 51.1 Å². The Morgan fingerprint density at radius 2 is 1.86 bits per heavy atom. The van der Waals surface area contributed by atoms with Gasteiger partial charge in [0.05, 0.1) is 22.6 Å². The summed E-state index contributed by atoms with van der Waals surface area (Å²) in [5, 5.41) is 0.617. The fourth-order valence-electron chi connectivity index (χ4n) is 5.20. The molecular formula is C26H28N2O6S. The van der Waals surface area contributed by atoms with Crippen LogP contribution in [0.2, 0.25) is 0 Å². The summed E-state index contributed by atoms with van der Waals surface area (Å²) < 4.78 is 35.3. The number of fused-ring (bicyclic) bond motifs is 1. The highest BCUT2D eigenvalue weighted by Gasteiger charge is 2.39. The second-order valence-electron chi connectivity index (χ2n) is 9.35. The van der Waals surface area contributed by atoms with E-state index >= 15 is 0 Å². The van der Waals surface area contributed by atoms with E-state index in [1.165, 1.54) is 0 Å². The predicted molar refractivity (Wildman–Crippen MR) is 131 cm³/mol. The summed E-state index contributed by atoms with van der Waals surface area (Å²) in [5.41, 5.74) is 1.41. The molecule has 1 aliphatic heterocycles. The Bertz CT molecular complexity index is 1370. The van der Waals surface area contributed by atoms with Gasteiger partial charge >= 0.3 is 5.97 Å². The number of hydrogen-bond acceptors (Lipinski definition) is 7. The molecule has 1 amide bonds. The van der Waals surface area contributed by atoms with E-state index in [1.807, 2.05) is 25.1 Å². The highest BCUT2D eigenvalue weighted by Crippen LogP contribution is 2.30. The zero-order valence-corrected chi connectivity index (χ0v) is 20.4. The van der Waals surface area contributed by atoms with Crippen molar-refractivity contribution < 1.29 is 27.2 Å². The Morgan fingerprint density at radius 1 is 1.09 bits per heavy atom. The molecule has 0 spiro atoms. The minimum absolute atomic E-state index is 0.00458. The summed E-state index contributed by atoms with van der Waals surface area (Å²) in [4.78, 5) is 32.7. The molecule has 0 bridgehead atoms. The molecule has 5 rings (SSSR count). The number of benzene rings is 1. The number of amides is 1. The molecule has 0 radical (unpaired) electrons. The van der Waals surface area contributed by atoms with Crippen LogP contribution in [0.1, 0.15) is 48.2 Å². The lowest BCUT2D eigenvalue weighted by Crippen LogP contribution is -2.48. The van der Waals surface area contributed by atoms with Crippen molar-refractivity contribution in [3.05, 3.63) is 53.8 Å². The summed E-state index contributed by atoms with van der Waals surface area (Å²) in [6.45, 7) is 1.40. The lowest BCUT2D eigenvalue weighted by molar-refractivity contribution is -0.139. The monoisotopic (exact) mass is 496 g/mol. The van der Waals surface area contributed by atoms with Gasteiger partial charge in [-0.25, -0.2) is 18.2 Å². The van der Waals surface area contributed by atoms with Gasteiger partial charge in [0, 0.05) is 17.5 Å². The van der Waals surface area contributed by atoms with E-state index in [0.717, 1.165) is 31.4 Å². The maximum atomic E-state index is 13.2. The van der Waals surface area contributed by atoms with E-state index in [-0.39, 0.29) is 29.5 Å².